The molecule has 0 spiro atoms. The molecule has 0 aliphatic carbocycles. The molecule has 0 fully saturated rings. The Kier molecular flexibility index (Phi) is 71.6. The molecule has 8 unspecified atom stereocenters. The third-order valence-electron chi connectivity index (χ3n) is 14.3. The summed E-state index contributed by atoms with van der Waals surface area (Å²) in [5.74, 6) is -9.88. The fourth-order valence-corrected chi connectivity index (χ4v) is 8.84. The Labute approximate surface area is 765 Å². The van der Waals surface area contributed by atoms with E-state index in [1.165, 1.54) is 27.7 Å². The molecule has 32 nitrogen and oxygen atoms in total. The van der Waals surface area contributed by atoms with Crippen molar-refractivity contribution in [1.29, 1.82) is 0 Å². The number of hydrogen-bond donors (Lipinski definition) is 16. The Hall–Kier alpha value is -2.88. The second-order valence-electron chi connectivity index (χ2n) is 25.7. The Morgan fingerprint density at radius 2 is 0.319 bits per heavy atom. The molecule has 8 atom stereocenters. The van der Waals surface area contributed by atoms with Crippen molar-refractivity contribution in [1.82, 2.24) is 0 Å². The lowest BCUT2D eigenvalue weighted by Gasteiger charge is -2.32. The molecule has 0 N–H and O–H groups in total. The highest BCUT2D eigenvalue weighted by atomic mass is 32.1. The maximum absolute atomic E-state index is 12.3. The molecule has 0 heterocycles. The molecular formula is C68H112O32S16. The van der Waals surface area contributed by atoms with Gasteiger partial charge in [-0.05, 0) is 27.7 Å². The SMILES string of the molecule is CC(CS)C(=O)OCC(COC(=O)C(C)CS)(COC(=O)C(C)CS)COC(=O)C(C)CS.CC(S)C(=O)OCC(COC(=O)C(C)S)(COC(=O)C(C)S)COC(=O)C(C)S.O=C(CCS)OCC(COC(=O)CCS)(COC(=O)CCS)COC(=O)CCS.O=C(CS)OCC(COC(=O)CS)(COC(=O)CS)COC(=O)CS. The fraction of sp³-hybridized carbons (Fsp3) is 0.765. The van der Waals surface area contributed by atoms with E-state index < -0.39 is 162 Å². The smallest absolute Gasteiger partial charge is 0.318 e. The first-order valence-electron chi connectivity index (χ1n) is 35.0. The Morgan fingerprint density at radius 3 is 0.431 bits per heavy atom. The zero-order chi connectivity index (χ0) is 89.8. The summed E-state index contributed by atoms with van der Waals surface area (Å²) in [5, 5.41) is -2.86. The van der Waals surface area contributed by atoms with Crippen LogP contribution in [0.2, 0.25) is 0 Å². The first kappa shape index (κ1) is 119. The van der Waals surface area contributed by atoms with E-state index in [1.54, 1.807) is 27.7 Å². The van der Waals surface area contributed by atoms with Gasteiger partial charge >= 0.3 is 95.5 Å². The molecule has 0 radical (unpaired) electrons. The van der Waals surface area contributed by atoms with Crippen LogP contribution in [0, 0.1) is 45.3 Å². The van der Waals surface area contributed by atoms with E-state index in [9.17, 15) is 76.7 Å². The summed E-state index contributed by atoms with van der Waals surface area (Å²) in [6, 6.07) is 0. The Bertz CT molecular complexity index is 2600. The van der Waals surface area contributed by atoms with Crippen LogP contribution in [0.15, 0.2) is 0 Å². The van der Waals surface area contributed by atoms with Gasteiger partial charge < -0.3 is 75.8 Å². The highest BCUT2D eigenvalue weighted by Crippen LogP contribution is 2.28. The summed E-state index contributed by atoms with van der Waals surface area (Å²) in [4.78, 5) is 189. The van der Waals surface area contributed by atoms with Gasteiger partial charge in [0.1, 0.15) is 127 Å². The molecule has 0 saturated heterocycles. The molecule has 0 aromatic rings. The van der Waals surface area contributed by atoms with Gasteiger partial charge in [-0.15, -0.1) is 0 Å². The minimum atomic E-state index is -1.34. The van der Waals surface area contributed by atoms with Crippen LogP contribution in [0.4, 0.5) is 0 Å². The van der Waals surface area contributed by atoms with Gasteiger partial charge in [-0.1, -0.05) is 27.7 Å². The van der Waals surface area contributed by atoms with Crippen LogP contribution in [-0.2, 0) is 153 Å². The third-order valence-corrected chi connectivity index (χ3v) is 19.3. The predicted molar refractivity (Wildman–Crippen MR) is 480 cm³/mol. The zero-order valence-electron chi connectivity index (χ0n) is 65.5. The molecule has 0 rings (SSSR count). The largest absolute Gasteiger partial charge is 0.465 e. The molecule has 672 valence electrons. The number of esters is 16. The fourth-order valence-electron chi connectivity index (χ4n) is 6.85. The number of rotatable bonds is 56. The van der Waals surface area contributed by atoms with Crippen molar-refractivity contribution in [2.75, 3.05) is 175 Å². The van der Waals surface area contributed by atoms with Gasteiger partial charge in [-0.2, -0.15) is 202 Å². The maximum atomic E-state index is 12.3. The summed E-state index contributed by atoms with van der Waals surface area (Å²) in [6.07, 6.45) is 0.268. The van der Waals surface area contributed by atoms with Crippen LogP contribution in [0.1, 0.15) is 81.1 Å². The van der Waals surface area contributed by atoms with E-state index in [4.69, 9.17) is 75.8 Å². The van der Waals surface area contributed by atoms with Crippen LogP contribution >= 0.6 is 202 Å². The normalized spacial score (nSPS) is 14.0. The summed E-state index contributed by atoms with van der Waals surface area (Å²) in [5.41, 5.74) is -5.19. The topological polar surface area (TPSA) is 421 Å². The van der Waals surface area contributed by atoms with Crippen molar-refractivity contribution in [3.05, 3.63) is 0 Å². The highest BCUT2D eigenvalue weighted by Gasteiger charge is 2.43. The van der Waals surface area contributed by atoms with Crippen LogP contribution in [0.25, 0.3) is 0 Å². The second-order valence-corrected chi connectivity index (χ2v) is 33.3. The lowest BCUT2D eigenvalue weighted by Crippen LogP contribution is -2.45. The molecular weight excluding hydrogens is 1840 g/mol. The predicted octanol–water partition coefficient (Wildman–Crippen LogP) is 5.12. The number of carbonyl (C=O) groups excluding carboxylic acids is 16. The zero-order valence-corrected chi connectivity index (χ0v) is 79.8. The first-order valence-corrected chi connectivity index (χ1v) is 44.7. The van der Waals surface area contributed by atoms with Crippen LogP contribution < -0.4 is 0 Å². The minimum absolute atomic E-state index is 0.0670. The first-order chi connectivity index (χ1) is 54.4. The maximum Gasteiger partial charge on any atom is 0.318 e. The summed E-state index contributed by atoms with van der Waals surface area (Å²) in [7, 11) is 0. The van der Waals surface area contributed by atoms with Gasteiger partial charge in [0.25, 0.3) is 0 Å². The minimum Gasteiger partial charge on any atom is -0.465 e. The average Bonchev–Trinajstić information content (AvgIpc) is 0.845. The van der Waals surface area contributed by atoms with Gasteiger partial charge in [-0.3, -0.25) is 76.7 Å². The van der Waals surface area contributed by atoms with Crippen molar-refractivity contribution in [2.45, 2.75) is 102 Å². The van der Waals surface area contributed by atoms with Crippen molar-refractivity contribution >= 4 is 298 Å². The lowest BCUT2D eigenvalue weighted by atomic mass is 9.91. The molecule has 116 heavy (non-hydrogen) atoms. The van der Waals surface area contributed by atoms with E-state index in [0.29, 0.717) is 0 Å². The number of hydrogen-bond acceptors (Lipinski definition) is 48. The average molecular weight is 1950 g/mol. The van der Waals surface area contributed by atoms with Crippen molar-refractivity contribution in [2.24, 2.45) is 45.3 Å². The molecule has 0 aliphatic heterocycles. The van der Waals surface area contributed by atoms with E-state index >= 15 is 0 Å². The quantitative estimate of drug-likeness (QED) is 0.0213. The molecule has 0 aromatic carbocycles. The Morgan fingerprint density at radius 1 is 0.198 bits per heavy atom. The van der Waals surface area contributed by atoms with Crippen LogP contribution in [0.3, 0.4) is 0 Å². The van der Waals surface area contributed by atoms with Crippen molar-refractivity contribution < 1.29 is 153 Å². The standard InChI is InChI=1S/C21H36O8S4.2C17H28O8S4.C13H20O8S4/c1-13(5-30)17(22)26-9-21(10-27-18(23)14(2)6-31,11-28-19(24)15(3)7-32)12-29-20(25)16(4)8-33;1-9(26)13(18)22-5-17(6-23-14(19)10(2)27,7-24-15(20)11(3)28)8-25-16(21)12(4)29;18-13(1-5-26)22-9-17(10-23-14(19)2-6-27,11-24-15(20)3-7-28)12-25-16(21)4-8-29;14-9(1-22)18-5-13(6-19-10(15)2-23,7-20-11(16)3-24)8-21-12(17)4-25/h13-16,30-33H,5-12H2,1-4H3;9-12,26-29H,5-8H2,1-4H3;26-29H,1-12H2;22-25H,1-8H2. The van der Waals surface area contributed by atoms with Gasteiger partial charge in [0.2, 0.25) is 0 Å². The Balaban J connectivity index is -0.000000724. The van der Waals surface area contributed by atoms with E-state index in [1.807, 2.05) is 0 Å². The van der Waals surface area contributed by atoms with Gasteiger partial charge in [0.05, 0.1) is 93.4 Å². The molecule has 0 amide bonds. The second kappa shape index (κ2) is 69.5. The van der Waals surface area contributed by atoms with Crippen molar-refractivity contribution in [3.8, 4) is 0 Å². The lowest BCUT2D eigenvalue weighted by molar-refractivity contribution is -0.176. The van der Waals surface area contributed by atoms with Gasteiger partial charge in [0, 0.05) is 46.0 Å². The van der Waals surface area contributed by atoms with Crippen molar-refractivity contribution in [3.63, 3.8) is 0 Å². The van der Waals surface area contributed by atoms with E-state index in [2.05, 4.69) is 202 Å². The van der Waals surface area contributed by atoms with Gasteiger partial charge in [0.15, 0.2) is 0 Å². The summed E-state index contributed by atoms with van der Waals surface area (Å²) < 4.78 is 83.3. The molecule has 0 aliphatic rings. The van der Waals surface area contributed by atoms with Gasteiger partial charge in [-0.25, -0.2) is 0 Å². The molecule has 0 bridgehead atoms. The van der Waals surface area contributed by atoms with E-state index in [0.717, 1.165) is 0 Å². The molecule has 48 heteroatoms. The molecule has 0 saturated carbocycles. The van der Waals surface area contributed by atoms with Crippen LogP contribution in [-0.4, -0.2) is 291 Å². The van der Waals surface area contributed by atoms with E-state index in [-0.39, 0.29) is 200 Å². The summed E-state index contributed by atoms with van der Waals surface area (Å²) >= 11 is 63.4. The summed E-state index contributed by atoms with van der Waals surface area (Å²) in [6.45, 7) is 7.56. The third kappa shape index (κ3) is 57.5. The van der Waals surface area contributed by atoms with Crippen LogP contribution in [0.5, 0.6) is 0 Å². The monoisotopic (exact) mass is 1950 g/mol. The highest BCUT2D eigenvalue weighted by molar-refractivity contribution is 7.83. The molecule has 0 aromatic heterocycles. The number of thiol groups is 16. The number of ether oxygens (including phenoxy) is 16. The number of carbonyl (C=O) groups is 16.